The molecule has 9 heteroatoms. The minimum absolute atomic E-state index is 0.275. The molecule has 1 N–H and O–H groups in total. The lowest BCUT2D eigenvalue weighted by atomic mass is 9.97. The molecule has 1 unspecified atom stereocenters. The van der Waals surface area contributed by atoms with Crippen molar-refractivity contribution >= 4 is 5.84 Å². The molecular weight excluding hydrogens is 335 g/mol. The van der Waals surface area contributed by atoms with Crippen LogP contribution in [0.15, 0.2) is 35.2 Å². The summed E-state index contributed by atoms with van der Waals surface area (Å²) in [5.74, 6) is 0.934. The maximum atomic E-state index is 12.9. The van der Waals surface area contributed by atoms with Crippen molar-refractivity contribution in [2.24, 2.45) is 4.99 Å². The number of halogens is 3. The number of aliphatic hydroxyl groups is 1. The Morgan fingerprint density at radius 1 is 1.20 bits per heavy atom. The zero-order valence-electron chi connectivity index (χ0n) is 14.2. The average molecular weight is 355 g/mol. The van der Waals surface area contributed by atoms with Crippen LogP contribution < -0.4 is 0 Å². The predicted octanol–water partition coefficient (Wildman–Crippen LogP) is 1.70. The Bertz CT molecular complexity index is 711. The number of rotatable bonds is 3. The number of aromatic nitrogens is 1. The molecule has 2 aliphatic rings. The molecule has 25 heavy (non-hydrogen) atoms. The highest BCUT2D eigenvalue weighted by Gasteiger charge is 2.51. The van der Waals surface area contributed by atoms with Crippen molar-refractivity contribution in [1.29, 1.82) is 0 Å². The highest BCUT2D eigenvalue weighted by atomic mass is 19.4. The van der Waals surface area contributed by atoms with Crippen LogP contribution in [0, 0.1) is 0 Å². The van der Waals surface area contributed by atoms with Crippen molar-refractivity contribution in [2.75, 3.05) is 27.4 Å². The fourth-order valence-corrected chi connectivity index (χ4v) is 2.80. The van der Waals surface area contributed by atoms with Gasteiger partial charge in [-0.2, -0.15) is 13.2 Å². The summed E-state index contributed by atoms with van der Waals surface area (Å²) in [4.78, 5) is 14.6. The summed E-state index contributed by atoms with van der Waals surface area (Å²) in [7, 11) is 3.89. The number of amidine groups is 1. The third-order valence-electron chi connectivity index (χ3n) is 4.44. The predicted molar refractivity (Wildman–Crippen MR) is 86.2 cm³/mol. The fraction of sp³-hybridized carbons (Fsp3) is 0.500. The molecule has 136 valence electrons. The van der Waals surface area contributed by atoms with Gasteiger partial charge in [0, 0.05) is 32.1 Å². The largest absolute Gasteiger partial charge is 0.421 e. The van der Waals surface area contributed by atoms with Crippen LogP contribution in [0.4, 0.5) is 13.2 Å². The molecule has 0 radical (unpaired) electrons. The van der Waals surface area contributed by atoms with Crippen LogP contribution in [-0.4, -0.2) is 64.2 Å². The van der Waals surface area contributed by atoms with Crippen LogP contribution >= 0.6 is 0 Å². The number of alkyl halides is 3. The van der Waals surface area contributed by atoms with Gasteiger partial charge in [0.1, 0.15) is 6.67 Å². The van der Waals surface area contributed by atoms with E-state index in [4.69, 9.17) is 0 Å². The van der Waals surface area contributed by atoms with Crippen LogP contribution in [-0.2, 0) is 12.1 Å². The third-order valence-corrected chi connectivity index (χ3v) is 4.44. The lowest BCUT2D eigenvalue weighted by Crippen LogP contribution is -2.42. The Balaban J connectivity index is 1.76. The SMILES string of the molecule is CN1CN=C2C1=CN(Cc1ccc(C(C)(O)C(F)(F)F)cn1)CN2C. The van der Waals surface area contributed by atoms with Gasteiger partial charge in [0.2, 0.25) is 0 Å². The van der Waals surface area contributed by atoms with Crippen molar-refractivity contribution < 1.29 is 18.3 Å². The van der Waals surface area contributed by atoms with E-state index in [9.17, 15) is 18.3 Å². The summed E-state index contributed by atoms with van der Waals surface area (Å²) in [6.45, 7) is 2.40. The third kappa shape index (κ3) is 3.15. The Labute approximate surface area is 143 Å². The van der Waals surface area contributed by atoms with E-state index in [0.29, 0.717) is 25.6 Å². The average Bonchev–Trinajstić information content (AvgIpc) is 2.89. The zero-order chi connectivity index (χ0) is 18.4. The van der Waals surface area contributed by atoms with Crippen LogP contribution in [0.25, 0.3) is 0 Å². The van der Waals surface area contributed by atoms with Gasteiger partial charge in [-0.15, -0.1) is 0 Å². The summed E-state index contributed by atoms with van der Waals surface area (Å²) in [5.41, 5.74) is -1.56. The van der Waals surface area contributed by atoms with E-state index in [1.165, 1.54) is 12.1 Å². The smallest absolute Gasteiger partial charge is 0.376 e. The molecular formula is C16H20F3N5O. The van der Waals surface area contributed by atoms with Gasteiger partial charge < -0.3 is 19.8 Å². The maximum absolute atomic E-state index is 12.9. The molecule has 0 aromatic carbocycles. The zero-order valence-corrected chi connectivity index (χ0v) is 14.2. The van der Waals surface area contributed by atoms with Crippen molar-refractivity contribution in [3.63, 3.8) is 0 Å². The molecule has 3 rings (SSSR count). The topological polar surface area (TPSA) is 55.2 Å². The van der Waals surface area contributed by atoms with Gasteiger partial charge >= 0.3 is 6.18 Å². The van der Waals surface area contributed by atoms with Crippen molar-refractivity contribution in [2.45, 2.75) is 25.2 Å². The molecule has 0 aliphatic carbocycles. The van der Waals surface area contributed by atoms with E-state index < -0.39 is 11.8 Å². The molecule has 1 aromatic heterocycles. The van der Waals surface area contributed by atoms with Gasteiger partial charge in [-0.3, -0.25) is 4.98 Å². The van der Waals surface area contributed by atoms with E-state index in [1.807, 2.05) is 35.0 Å². The lowest BCUT2D eigenvalue weighted by molar-refractivity contribution is -0.259. The molecule has 6 nitrogen and oxygen atoms in total. The van der Waals surface area contributed by atoms with Gasteiger partial charge in [-0.25, -0.2) is 4.99 Å². The lowest BCUT2D eigenvalue weighted by Gasteiger charge is -2.34. The van der Waals surface area contributed by atoms with E-state index >= 15 is 0 Å². The van der Waals surface area contributed by atoms with Crippen LogP contribution in [0.1, 0.15) is 18.2 Å². The number of hydrogen-bond acceptors (Lipinski definition) is 6. The van der Waals surface area contributed by atoms with Crippen molar-refractivity contribution in [3.8, 4) is 0 Å². The summed E-state index contributed by atoms with van der Waals surface area (Å²) in [6, 6.07) is 2.78. The second-order valence-electron chi connectivity index (χ2n) is 6.53. The Kier molecular flexibility index (Phi) is 4.14. The van der Waals surface area contributed by atoms with E-state index in [0.717, 1.165) is 24.7 Å². The number of nitrogens with zero attached hydrogens (tertiary/aromatic N) is 5. The first kappa shape index (κ1) is 17.5. The minimum atomic E-state index is -4.75. The molecule has 0 amide bonds. The minimum Gasteiger partial charge on any atom is -0.376 e. The second kappa shape index (κ2) is 5.91. The van der Waals surface area contributed by atoms with E-state index in [1.54, 1.807) is 0 Å². The highest BCUT2D eigenvalue weighted by molar-refractivity contribution is 5.99. The number of likely N-dealkylation sites (N-methyl/N-ethyl adjacent to an activating group) is 2. The summed E-state index contributed by atoms with van der Waals surface area (Å²) >= 11 is 0. The normalized spacial score (nSPS) is 20.2. The number of fused-ring (bicyclic) bond motifs is 1. The Morgan fingerprint density at radius 3 is 2.52 bits per heavy atom. The van der Waals surface area contributed by atoms with Gasteiger partial charge in [-0.1, -0.05) is 6.07 Å². The molecule has 3 heterocycles. The first-order valence-electron chi connectivity index (χ1n) is 7.77. The molecule has 0 fully saturated rings. The van der Waals surface area contributed by atoms with E-state index in [2.05, 4.69) is 9.98 Å². The van der Waals surface area contributed by atoms with Gasteiger partial charge in [0.15, 0.2) is 11.4 Å². The van der Waals surface area contributed by atoms with Gasteiger partial charge in [-0.05, 0) is 13.0 Å². The van der Waals surface area contributed by atoms with Crippen molar-refractivity contribution in [3.05, 3.63) is 41.5 Å². The molecule has 1 atom stereocenters. The molecule has 2 aliphatic heterocycles. The summed E-state index contributed by atoms with van der Waals surface area (Å²) in [6.07, 6.45) is -1.69. The molecule has 0 saturated heterocycles. The van der Waals surface area contributed by atoms with Crippen LogP contribution in [0.5, 0.6) is 0 Å². The molecule has 0 spiro atoms. The Hall–Kier alpha value is -2.29. The van der Waals surface area contributed by atoms with Crippen LogP contribution in [0.2, 0.25) is 0 Å². The fourth-order valence-electron chi connectivity index (χ4n) is 2.80. The van der Waals surface area contributed by atoms with Crippen LogP contribution in [0.3, 0.4) is 0 Å². The summed E-state index contributed by atoms with van der Waals surface area (Å²) in [5, 5.41) is 9.69. The number of aliphatic imine (C=N–C) groups is 1. The monoisotopic (exact) mass is 355 g/mol. The molecule has 0 saturated carbocycles. The van der Waals surface area contributed by atoms with Crippen molar-refractivity contribution in [1.82, 2.24) is 19.7 Å². The Morgan fingerprint density at radius 2 is 1.92 bits per heavy atom. The number of hydrogen-bond donors (Lipinski definition) is 1. The molecule has 1 aromatic rings. The first-order valence-corrected chi connectivity index (χ1v) is 7.77. The quantitative estimate of drug-likeness (QED) is 0.895. The molecule has 0 bridgehead atoms. The van der Waals surface area contributed by atoms with Gasteiger partial charge in [0.05, 0.1) is 24.6 Å². The van der Waals surface area contributed by atoms with Gasteiger partial charge in [0.25, 0.3) is 0 Å². The number of pyridine rings is 1. The first-order chi connectivity index (χ1) is 11.6. The standard InChI is InChI=1S/C16H20F3N5O/c1-15(25,16(17,18)19)11-4-5-12(20-6-11)7-24-8-13-14(23(3)10-24)21-9-22(13)2/h4-6,8,25H,7,9-10H2,1-3H3. The maximum Gasteiger partial charge on any atom is 0.421 e. The summed E-state index contributed by atoms with van der Waals surface area (Å²) < 4.78 is 38.6. The second-order valence-corrected chi connectivity index (χ2v) is 6.53. The highest BCUT2D eigenvalue weighted by Crippen LogP contribution is 2.38. The van der Waals surface area contributed by atoms with E-state index in [-0.39, 0.29) is 5.56 Å².